The number of piperidine rings is 1. The van der Waals surface area contributed by atoms with Gasteiger partial charge in [-0.2, -0.15) is 4.98 Å². The predicted molar refractivity (Wildman–Crippen MR) is 73.9 cm³/mol. The fourth-order valence-electron chi connectivity index (χ4n) is 2.40. The Morgan fingerprint density at radius 3 is 2.89 bits per heavy atom. The molecule has 6 heteroatoms. The zero-order chi connectivity index (χ0) is 12.5. The minimum Gasteiger partial charge on any atom is -0.480 e. The van der Waals surface area contributed by atoms with Gasteiger partial charge in [0.25, 0.3) is 6.01 Å². The van der Waals surface area contributed by atoms with E-state index in [1.807, 2.05) is 24.3 Å². The van der Waals surface area contributed by atoms with E-state index in [1.165, 1.54) is 0 Å². The summed E-state index contributed by atoms with van der Waals surface area (Å²) in [6, 6.07) is 7.37. The predicted octanol–water partition coefficient (Wildman–Crippen LogP) is 2.69. The average molecular weight is 283 g/mol. The Hall–Kier alpha value is -1.75. The molecule has 3 rings (SSSR count). The van der Waals surface area contributed by atoms with Crippen LogP contribution in [-0.2, 0) is 4.79 Å². The fraction of sp³-hybridized carbons (Fsp3) is 0.385. The van der Waals surface area contributed by atoms with Crippen LogP contribution in [0.3, 0.4) is 0 Å². The Kier molecular flexibility index (Phi) is 3.95. The number of carboxylic acids is 1. The molecule has 1 N–H and O–H groups in total. The molecular formula is C13H15ClN2O3. The van der Waals surface area contributed by atoms with E-state index in [0.717, 1.165) is 18.4 Å². The van der Waals surface area contributed by atoms with E-state index in [4.69, 9.17) is 4.42 Å². The van der Waals surface area contributed by atoms with Gasteiger partial charge in [0.1, 0.15) is 11.6 Å². The first-order chi connectivity index (χ1) is 8.75. The Labute approximate surface area is 116 Å². The lowest BCUT2D eigenvalue weighted by atomic mass is 10.0. The lowest BCUT2D eigenvalue weighted by Gasteiger charge is -2.31. The average Bonchev–Trinajstić information content (AvgIpc) is 2.82. The topological polar surface area (TPSA) is 66.6 Å². The summed E-state index contributed by atoms with van der Waals surface area (Å²) >= 11 is 0. The van der Waals surface area contributed by atoms with Crippen LogP contribution in [0.5, 0.6) is 0 Å². The summed E-state index contributed by atoms with van der Waals surface area (Å²) in [4.78, 5) is 17.4. The number of aromatic nitrogens is 1. The molecule has 2 heterocycles. The molecule has 0 bridgehead atoms. The molecule has 1 aliphatic rings. The van der Waals surface area contributed by atoms with Crippen LogP contribution in [0.25, 0.3) is 11.1 Å². The molecule has 1 aromatic carbocycles. The second kappa shape index (κ2) is 5.48. The molecule has 0 spiro atoms. The number of fused-ring (bicyclic) bond motifs is 1. The second-order valence-corrected chi connectivity index (χ2v) is 4.51. The molecule has 1 fully saturated rings. The maximum absolute atomic E-state index is 11.2. The molecule has 0 aliphatic carbocycles. The van der Waals surface area contributed by atoms with Gasteiger partial charge in [-0.15, -0.1) is 12.4 Å². The number of hydrogen-bond donors (Lipinski definition) is 1. The quantitative estimate of drug-likeness (QED) is 0.917. The molecule has 102 valence electrons. The number of nitrogens with zero attached hydrogens (tertiary/aromatic N) is 2. The number of para-hydroxylation sites is 2. The van der Waals surface area contributed by atoms with Gasteiger partial charge in [0.05, 0.1) is 0 Å². The lowest BCUT2D eigenvalue weighted by molar-refractivity contribution is -0.139. The third kappa shape index (κ3) is 2.51. The van der Waals surface area contributed by atoms with Crippen LogP contribution in [0.15, 0.2) is 28.7 Å². The SMILES string of the molecule is Cl.O=C(O)[C@@H]1CCCCN1c1nc2ccccc2o1. The van der Waals surface area contributed by atoms with Crippen LogP contribution in [0.1, 0.15) is 19.3 Å². The Morgan fingerprint density at radius 1 is 1.37 bits per heavy atom. The molecule has 5 nitrogen and oxygen atoms in total. The minimum absolute atomic E-state index is 0. The highest BCUT2D eigenvalue weighted by atomic mass is 35.5. The molecule has 0 unspecified atom stereocenters. The van der Waals surface area contributed by atoms with Gasteiger partial charge in [0.15, 0.2) is 5.58 Å². The maximum Gasteiger partial charge on any atom is 0.326 e. The summed E-state index contributed by atoms with van der Waals surface area (Å²) < 4.78 is 5.64. The standard InChI is InChI=1S/C13H14N2O3.ClH/c16-12(17)10-6-3-4-8-15(10)13-14-9-5-1-2-7-11(9)18-13;/h1-2,5,7,10H,3-4,6,8H2,(H,16,17);1H/t10-;/m0./s1. The zero-order valence-electron chi connectivity index (χ0n) is 10.3. The van der Waals surface area contributed by atoms with Crippen LogP contribution in [0.4, 0.5) is 6.01 Å². The number of rotatable bonds is 2. The van der Waals surface area contributed by atoms with Crippen LogP contribution >= 0.6 is 12.4 Å². The van der Waals surface area contributed by atoms with Gasteiger partial charge in [-0.1, -0.05) is 12.1 Å². The van der Waals surface area contributed by atoms with Crippen molar-refractivity contribution in [2.75, 3.05) is 11.4 Å². The van der Waals surface area contributed by atoms with Crippen molar-refractivity contribution in [1.82, 2.24) is 4.98 Å². The molecule has 1 saturated heterocycles. The first-order valence-electron chi connectivity index (χ1n) is 6.11. The summed E-state index contributed by atoms with van der Waals surface area (Å²) in [7, 11) is 0. The summed E-state index contributed by atoms with van der Waals surface area (Å²) in [6.07, 6.45) is 2.56. The molecule has 1 aliphatic heterocycles. The molecule has 0 amide bonds. The summed E-state index contributed by atoms with van der Waals surface area (Å²) in [5, 5.41) is 9.23. The van der Waals surface area contributed by atoms with Crippen molar-refractivity contribution in [2.24, 2.45) is 0 Å². The molecule has 1 aromatic heterocycles. The molecule has 1 atom stereocenters. The van der Waals surface area contributed by atoms with E-state index in [9.17, 15) is 9.90 Å². The van der Waals surface area contributed by atoms with Crippen molar-refractivity contribution in [1.29, 1.82) is 0 Å². The number of oxazole rings is 1. The molecular weight excluding hydrogens is 268 g/mol. The smallest absolute Gasteiger partial charge is 0.326 e. The van der Waals surface area contributed by atoms with Crippen LogP contribution in [0.2, 0.25) is 0 Å². The second-order valence-electron chi connectivity index (χ2n) is 4.51. The highest BCUT2D eigenvalue weighted by Gasteiger charge is 2.31. The van der Waals surface area contributed by atoms with Gasteiger partial charge in [-0.3, -0.25) is 0 Å². The number of hydrogen-bond acceptors (Lipinski definition) is 4. The molecule has 2 aromatic rings. The van der Waals surface area contributed by atoms with E-state index < -0.39 is 12.0 Å². The molecule has 19 heavy (non-hydrogen) atoms. The van der Waals surface area contributed by atoms with Crippen LogP contribution in [-0.4, -0.2) is 28.6 Å². The monoisotopic (exact) mass is 282 g/mol. The van der Waals surface area contributed by atoms with E-state index in [0.29, 0.717) is 24.6 Å². The molecule has 0 saturated carbocycles. The normalized spacial score (nSPS) is 19.2. The summed E-state index contributed by atoms with van der Waals surface area (Å²) in [5.74, 6) is -0.808. The van der Waals surface area contributed by atoms with Gasteiger partial charge in [0, 0.05) is 6.54 Å². The number of halogens is 1. The van der Waals surface area contributed by atoms with Gasteiger partial charge in [-0.25, -0.2) is 4.79 Å². The van der Waals surface area contributed by atoms with E-state index in [1.54, 1.807) is 4.90 Å². The Bertz CT molecular complexity index is 551. The van der Waals surface area contributed by atoms with Crippen molar-refractivity contribution < 1.29 is 14.3 Å². The van der Waals surface area contributed by atoms with Gasteiger partial charge < -0.3 is 14.4 Å². The highest BCUT2D eigenvalue weighted by Crippen LogP contribution is 2.27. The summed E-state index contributed by atoms with van der Waals surface area (Å²) in [5.41, 5.74) is 1.46. The lowest BCUT2D eigenvalue weighted by Crippen LogP contribution is -2.44. The maximum atomic E-state index is 11.2. The van der Waals surface area contributed by atoms with Crippen LogP contribution < -0.4 is 4.90 Å². The largest absolute Gasteiger partial charge is 0.480 e. The van der Waals surface area contributed by atoms with Gasteiger partial charge >= 0.3 is 5.97 Å². The Morgan fingerprint density at radius 2 is 2.16 bits per heavy atom. The number of anilines is 1. The van der Waals surface area contributed by atoms with Crippen molar-refractivity contribution in [2.45, 2.75) is 25.3 Å². The van der Waals surface area contributed by atoms with Crippen molar-refractivity contribution >= 4 is 35.5 Å². The van der Waals surface area contributed by atoms with Gasteiger partial charge in [0.2, 0.25) is 0 Å². The minimum atomic E-state index is -0.808. The van der Waals surface area contributed by atoms with Crippen molar-refractivity contribution in [3.05, 3.63) is 24.3 Å². The van der Waals surface area contributed by atoms with Crippen LogP contribution in [0, 0.1) is 0 Å². The fourth-order valence-corrected chi connectivity index (χ4v) is 2.40. The van der Waals surface area contributed by atoms with Crippen molar-refractivity contribution in [3.8, 4) is 0 Å². The van der Waals surface area contributed by atoms with Crippen molar-refractivity contribution in [3.63, 3.8) is 0 Å². The Balaban J connectivity index is 0.00000133. The third-order valence-electron chi connectivity index (χ3n) is 3.32. The third-order valence-corrected chi connectivity index (χ3v) is 3.32. The summed E-state index contributed by atoms with van der Waals surface area (Å²) in [6.45, 7) is 0.684. The number of aliphatic carboxylic acids is 1. The highest BCUT2D eigenvalue weighted by molar-refractivity contribution is 5.85. The molecule has 0 radical (unpaired) electrons. The first-order valence-corrected chi connectivity index (χ1v) is 6.11. The number of carbonyl (C=O) groups is 1. The number of carboxylic acid groups (broad SMARTS) is 1. The van der Waals surface area contributed by atoms with Gasteiger partial charge in [-0.05, 0) is 31.4 Å². The first kappa shape index (κ1) is 13.7. The van der Waals surface area contributed by atoms with E-state index >= 15 is 0 Å². The zero-order valence-corrected chi connectivity index (χ0v) is 11.1. The van der Waals surface area contributed by atoms with E-state index in [2.05, 4.69) is 4.98 Å². The van der Waals surface area contributed by atoms with E-state index in [-0.39, 0.29) is 12.4 Å². The number of benzene rings is 1.